The maximum atomic E-state index is 13.4. The molecular formula is C19H28N6O4. The van der Waals surface area contributed by atoms with Gasteiger partial charge in [0, 0.05) is 19.8 Å². The summed E-state index contributed by atoms with van der Waals surface area (Å²) in [4.78, 5) is 44.9. The molecule has 2 heterocycles. The predicted octanol–water partition coefficient (Wildman–Crippen LogP) is 0.907. The minimum atomic E-state index is -0.670. The Balaban J connectivity index is 1.74. The standard InChI is InChI=1S/C19H28N6O4/c1-23-9-7-16(18(27)22-17-6-8-20-12-21-17)25(23)19(28)15(11-24(29)13-26)10-14-4-2-3-5-14/h6,8,12-16,29H,2-5,7,9-11H2,1H3,(H,20,21,22,27)/t15-,16+/m1/s1. The van der Waals surface area contributed by atoms with Crippen molar-refractivity contribution in [3.63, 3.8) is 0 Å². The zero-order valence-corrected chi connectivity index (χ0v) is 16.6. The van der Waals surface area contributed by atoms with Crippen LogP contribution in [0.25, 0.3) is 0 Å². The summed E-state index contributed by atoms with van der Waals surface area (Å²) < 4.78 is 0. The fourth-order valence-electron chi connectivity index (χ4n) is 4.27. The van der Waals surface area contributed by atoms with Crippen LogP contribution >= 0.6 is 0 Å². The van der Waals surface area contributed by atoms with Gasteiger partial charge in [0.25, 0.3) is 0 Å². The van der Waals surface area contributed by atoms with Crippen LogP contribution in [0.2, 0.25) is 0 Å². The molecule has 1 saturated carbocycles. The average molecular weight is 404 g/mol. The van der Waals surface area contributed by atoms with Gasteiger partial charge in [0.2, 0.25) is 18.2 Å². The highest BCUT2D eigenvalue weighted by molar-refractivity contribution is 5.97. The molecule has 3 rings (SSSR count). The normalized spacial score (nSPS) is 21.2. The fraction of sp³-hybridized carbons (Fsp3) is 0.632. The molecule has 0 bridgehead atoms. The Morgan fingerprint density at radius 3 is 2.79 bits per heavy atom. The minimum Gasteiger partial charge on any atom is -0.309 e. The topological polar surface area (TPSA) is 119 Å². The van der Waals surface area contributed by atoms with E-state index >= 15 is 0 Å². The quantitative estimate of drug-likeness (QED) is 0.375. The number of nitrogens with zero attached hydrogens (tertiary/aromatic N) is 5. The maximum Gasteiger partial charge on any atom is 0.250 e. The predicted molar refractivity (Wildman–Crippen MR) is 103 cm³/mol. The van der Waals surface area contributed by atoms with Gasteiger partial charge in [-0.3, -0.25) is 24.6 Å². The van der Waals surface area contributed by atoms with Gasteiger partial charge in [0.05, 0.1) is 12.5 Å². The summed E-state index contributed by atoms with van der Waals surface area (Å²) in [6.45, 7) is 0.476. The third kappa shape index (κ3) is 5.27. The van der Waals surface area contributed by atoms with Crippen molar-refractivity contribution in [3.05, 3.63) is 18.6 Å². The second kappa shape index (κ2) is 9.75. The number of aromatic nitrogens is 2. The molecule has 3 amide bonds. The monoisotopic (exact) mass is 404 g/mol. The summed E-state index contributed by atoms with van der Waals surface area (Å²) in [5, 5.41) is 16.2. The molecule has 10 heteroatoms. The molecule has 1 aliphatic heterocycles. The van der Waals surface area contributed by atoms with E-state index in [1.807, 2.05) is 0 Å². The second-order valence-electron chi connectivity index (χ2n) is 7.76. The number of anilines is 1. The molecule has 2 atom stereocenters. The largest absolute Gasteiger partial charge is 0.309 e. The third-order valence-corrected chi connectivity index (χ3v) is 5.72. The number of carbonyl (C=O) groups excluding carboxylic acids is 3. The first-order valence-corrected chi connectivity index (χ1v) is 10.0. The van der Waals surface area contributed by atoms with Crippen molar-refractivity contribution in [2.45, 2.75) is 44.6 Å². The van der Waals surface area contributed by atoms with Gasteiger partial charge in [0.1, 0.15) is 18.2 Å². The number of hydrogen-bond acceptors (Lipinski definition) is 7. The number of hydroxylamine groups is 2. The summed E-state index contributed by atoms with van der Waals surface area (Å²) in [6.07, 6.45) is 8.62. The van der Waals surface area contributed by atoms with Crippen molar-refractivity contribution in [3.8, 4) is 0 Å². The highest BCUT2D eigenvalue weighted by Crippen LogP contribution is 2.32. The smallest absolute Gasteiger partial charge is 0.250 e. The Bertz CT molecular complexity index is 712. The van der Waals surface area contributed by atoms with Crippen LogP contribution in [0.15, 0.2) is 18.6 Å². The van der Waals surface area contributed by atoms with Crippen LogP contribution in [0.5, 0.6) is 0 Å². The van der Waals surface area contributed by atoms with E-state index in [4.69, 9.17) is 0 Å². The Hall–Kier alpha value is -2.59. The Labute approximate surface area is 169 Å². The molecule has 1 aromatic rings. The van der Waals surface area contributed by atoms with Crippen LogP contribution in [-0.2, 0) is 14.4 Å². The van der Waals surface area contributed by atoms with E-state index in [-0.39, 0.29) is 18.4 Å². The Morgan fingerprint density at radius 2 is 2.14 bits per heavy atom. The summed E-state index contributed by atoms with van der Waals surface area (Å²) in [5.74, 6) is -0.372. The lowest BCUT2D eigenvalue weighted by Gasteiger charge is -2.33. The van der Waals surface area contributed by atoms with E-state index in [0.717, 1.165) is 25.7 Å². The van der Waals surface area contributed by atoms with Gasteiger partial charge in [-0.05, 0) is 24.8 Å². The van der Waals surface area contributed by atoms with Gasteiger partial charge in [0.15, 0.2) is 0 Å². The lowest BCUT2D eigenvalue weighted by atomic mass is 9.92. The number of amides is 3. The van der Waals surface area contributed by atoms with Gasteiger partial charge < -0.3 is 5.32 Å². The molecule has 1 saturated heterocycles. The number of rotatable bonds is 8. The highest BCUT2D eigenvalue weighted by atomic mass is 16.5. The number of hydrogen-bond donors (Lipinski definition) is 2. The lowest BCUT2D eigenvalue weighted by Crippen LogP contribution is -2.52. The van der Waals surface area contributed by atoms with Gasteiger partial charge >= 0.3 is 0 Å². The van der Waals surface area contributed by atoms with Crippen molar-refractivity contribution in [1.82, 2.24) is 25.0 Å². The molecule has 0 unspecified atom stereocenters. The first-order valence-electron chi connectivity index (χ1n) is 10.0. The molecule has 29 heavy (non-hydrogen) atoms. The second-order valence-corrected chi connectivity index (χ2v) is 7.76. The van der Waals surface area contributed by atoms with Crippen molar-refractivity contribution in [2.24, 2.45) is 11.8 Å². The zero-order valence-electron chi connectivity index (χ0n) is 16.6. The van der Waals surface area contributed by atoms with Gasteiger partial charge in [-0.25, -0.2) is 20.0 Å². The summed E-state index contributed by atoms with van der Waals surface area (Å²) in [6, 6.07) is 0.913. The Morgan fingerprint density at radius 1 is 1.38 bits per heavy atom. The van der Waals surface area contributed by atoms with E-state index in [1.165, 1.54) is 17.5 Å². The van der Waals surface area contributed by atoms with Gasteiger partial charge in [-0.2, -0.15) is 0 Å². The maximum absolute atomic E-state index is 13.4. The average Bonchev–Trinajstić information content (AvgIpc) is 3.37. The molecule has 10 nitrogen and oxygen atoms in total. The van der Waals surface area contributed by atoms with Crippen LogP contribution in [0.1, 0.15) is 38.5 Å². The van der Waals surface area contributed by atoms with Gasteiger partial charge in [-0.1, -0.05) is 25.7 Å². The summed E-state index contributed by atoms with van der Waals surface area (Å²) in [5.41, 5.74) is 0. The van der Waals surface area contributed by atoms with Crippen molar-refractivity contribution in [1.29, 1.82) is 0 Å². The molecule has 0 aromatic carbocycles. The van der Waals surface area contributed by atoms with Crippen LogP contribution in [0.3, 0.4) is 0 Å². The van der Waals surface area contributed by atoms with E-state index < -0.39 is 12.0 Å². The molecule has 1 aliphatic carbocycles. The van der Waals surface area contributed by atoms with Crippen LogP contribution in [-0.4, -0.2) is 74.7 Å². The molecular weight excluding hydrogens is 376 g/mol. The molecule has 2 fully saturated rings. The minimum absolute atomic E-state index is 0.0799. The first kappa shape index (κ1) is 21.1. The SMILES string of the molecule is CN1CC[C@@H](C(=O)Nc2ccncn2)N1C(=O)[C@H](CC1CCCC1)CN(O)C=O. The summed E-state index contributed by atoms with van der Waals surface area (Å²) >= 11 is 0. The van der Waals surface area contributed by atoms with Crippen molar-refractivity contribution in [2.75, 3.05) is 25.5 Å². The number of hydrazine groups is 1. The highest BCUT2D eigenvalue weighted by Gasteiger charge is 2.41. The molecule has 158 valence electrons. The van der Waals surface area contributed by atoms with E-state index in [1.54, 1.807) is 18.1 Å². The van der Waals surface area contributed by atoms with Crippen LogP contribution in [0, 0.1) is 11.8 Å². The van der Waals surface area contributed by atoms with Crippen molar-refractivity contribution >= 4 is 24.0 Å². The molecule has 2 N–H and O–H groups in total. The molecule has 1 aromatic heterocycles. The van der Waals surface area contributed by atoms with Crippen LogP contribution in [0.4, 0.5) is 5.82 Å². The fourth-order valence-corrected chi connectivity index (χ4v) is 4.27. The van der Waals surface area contributed by atoms with Crippen molar-refractivity contribution < 1.29 is 19.6 Å². The first-order chi connectivity index (χ1) is 14.0. The Kier molecular flexibility index (Phi) is 7.10. The number of nitrogens with one attached hydrogen (secondary N) is 1. The molecule has 2 aliphatic rings. The van der Waals surface area contributed by atoms with E-state index in [0.29, 0.717) is 42.6 Å². The van der Waals surface area contributed by atoms with E-state index in [9.17, 15) is 19.6 Å². The molecule has 0 radical (unpaired) electrons. The van der Waals surface area contributed by atoms with E-state index in [2.05, 4.69) is 15.3 Å². The third-order valence-electron chi connectivity index (χ3n) is 5.72. The number of carbonyl (C=O) groups is 3. The summed E-state index contributed by atoms with van der Waals surface area (Å²) in [7, 11) is 1.76. The lowest BCUT2D eigenvalue weighted by molar-refractivity contribution is -0.164. The molecule has 0 spiro atoms. The van der Waals surface area contributed by atoms with Gasteiger partial charge in [-0.15, -0.1) is 0 Å². The van der Waals surface area contributed by atoms with Crippen LogP contribution < -0.4 is 5.32 Å². The zero-order chi connectivity index (χ0) is 20.8.